The van der Waals surface area contributed by atoms with Gasteiger partial charge in [0.15, 0.2) is 6.10 Å². The van der Waals surface area contributed by atoms with Gasteiger partial charge in [-0.25, -0.2) is 4.79 Å². The smallest absolute Gasteiger partial charge is 0.340 e. The quantitative estimate of drug-likeness (QED) is 0.268. The van der Waals surface area contributed by atoms with Gasteiger partial charge in [-0.2, -0.15) is 8.42 Å². The third-order valence-electron chi connectivity index (χ3n) is 5.20. The molecule has 1 aliphatic carbocycles. The molecule has 1 saturated carbocycles. The van der Waals surface area contributed by atoms with Gasteiger partial charge in [0.1, 0.15) is 0 Å². The second kappa shape index (κ2) is 10.7. The number of fused-ring (bicyclic) bond motifs is 1. The lowest BCUT2D eigenvalue weighted by Crippen LogP contribution is -2.30. The molecule has 1 aromatic rings. The van der Waals surface area contributed by atoms with Crippen molar-refractivity contribution < 1.29 is 22.1 Å². The summed E-state index contributed by atoms with van der Waals surface area (Å²) in [6.07, 6.45) is 5.18. The van der Waals surface area contributed by atoms with Crippen molar-refractivity contribution in [2.75, 3.05) is 19.5 Å². The van der Waals surface area contributed by atoms with Crippen LogP contribution in [0.3, 0.4) is 0 Å². The van der Waals surface area contributed by atoms with Crippen molar-refractivity contribution in [1.82, 2.24) is 0 Å². The first-order chi connectivity index (χ1) is 14.2. The minimum absolute atomic E-state index is 0.361. The Labute approximate surface area is 182 Å². The fourth-order valence-corrected chi connectivity index (χ4v) is 5.45. The topological polar surface area (TPSA) is 69.7 Å². The summed E-state index contributed by atoms with van der Waals surface area (Å²) in [6, 6.07) is 6.38. The van der Waals surface area contributed by atoms with Crippen molar-refractivity contribution in [3.63, 3.8) is 0 Å². The highest BCUT2D eigenvalue weighted by molar-refractivity contribution is 7.86. The van der Waals surface area contributed by atoms with Crippen molar-refractivity contribution in [2.45, 2.75) is 52.6 Å². The van der Waals surface area contributed by atoms with Crippen molar-refractivity contribution in [3.8, 4) is 0 Å². The van der Waals surface area contributed by atoms with Gasteiger partial charge in [0.2, 0.25) is 0 Å². The number of aryl methyl sites for hydroxylation is 1. The Bertz CT molecular complexity index is 929. The van der Waals surface area contributed by atoms with Crippen LogP contribution in [0.25, 0.3) is 5.57 Å². The second-order valence-corrected chi connectivity index (χ2v) is 10.5. The summed E-state index contributed by atoms with van der Waals surface area (Å²) >= 11 is 0. The molecule has 3 rings (SSSR count). The summed E-state index contributed by atoms with van der Waals surface area (Å²) in [6.45, 7) is 10.0. The zero-order valence-electron chi connectivity index (χ0n) is 18.6. The minimum Gasteiger partial charge on any atom is -0.467 e. The molecule has 0 aromatic heterocycles. The average Bonchev–Trinajstić information content (AvgIpc) is 3.57. The van der Waals surface area contributed by atoms with E-state index in [9.17, 15) is 13.2 Å². The van der Waals surface area contributed by atoms with Gasteiger partial charge in [0.05, 0.1) is 13.4 Å². The van der Waals surface area contributed by atoms with E-state index in [1.807, 2.05) is 13.8 Å². The van der Waals surface area contributed by atoms with Crippen LogP contribution in [0, 0.1) is 5.92 Å². The number of rotatable bonds is 7. The molecule has 2 unspecified atom stereocenters. The Morgan fingerprint density at radius 1 is 1.27 bits per heavy atom. The fraction of sp³-hybridized carbons (Fsp3) is 0.522. The van der Waals surface area contributed by atoms with E-state index in [4.69, 9.17) is 8.92 Å². The van der Waals surface area contributed by atoms with E-state index in [0.29, 0.717) is 11.5 Å². The SMILES string of the molecule is C=C(/C(=C(\C)C(OS(C)(=O)=O)C(=O)OC)c1ccc2c(c1)CCCP2)C1CC1.CC. The number of carbonyl (C=O) groups is 1. The van der Waals surface area contributed by atoms with Crippen LogP contribution in [0.2, 0.25) is 0 Å². The number of benzene rings is 1. The van der Waals surface area contributed by atoms with Crippen LogP contribution < -0.4 is 5.30 Å². The van der Waals surface area contributed by atoms with Gasteiger partial charge < -0.3 is 4.74 Å². The summed E-state index contributed by atoms with van der Waals surface area (Å²) in [5.74, 6) is -0.372. The maximum atomic E-state index is 12.3. The monoisotopic (exact) mass is 452 g/mol. The number of allylic oxidation sites excluding steroid dienone is 2. The molecule has 1 aliphatic heterocycles. The van der Waals surface area contributed by atoms with Crippen LogP contribution in [0.15, 0.2) is 35.9 Å². The van der Waals surface area contributed by atoms with Crippen LogP contribution in [0.5, 0.6) is 0 Å². The number of hydrogen-bond donors (Lipinski definition) is 0. The molecule has 5 nitrogen and oxygen atoms in total. The van der Waals surface area contributed by atoms with E-state index < -0.39 is 22.2 Å². The van der Waals surface area contributed by atoms with E-state index in [0.717, 1.165) is 50.8 Å². The van der Waals surface area contributed by atoms with Crippen LogP contribution in [0.4, 0.5) is 0 Å². The van der Waals surface area contributed by atoms with Crippen LogP contribution in [-0.4, -0.2) is 40.0 Å². The molecule has 0 saturated heterocycles. The second-order valence-electron chi connectivity index (χ2n) is 7.46. The van der Waals surface area contributed by atoms with E-state index in [2.05, 4.69) is 24.8 Å². The van der Waals surface area contributed by atoms with E-state index in [1.165, 1.54) is 30.6 Å². The molecular weight excluding hydrogens is 419 g/mol. The third kappa shape index (κ3) is 6.26. The van der Waals surface area contributed by atoms with Crippen LogP contribution in [-0.2, 0) is 30.3 Å². The molecule has 166 valence electrons. The molecule has 0 spiro atoms. The highest BCUT2D eigenvalue weighted by atomic mass is 32.2. The number of ether oxygens (including phenoxy) is 1. The van der Waals surface area contributed by atoms with Crippen LogP contribution in [0.1, 0.15) is 51.2 Å². The Morgan fingerprint density at radius 2 is 1.93 bits per heavy atom. The van der Waals surface area contributed by atoms with Crippen LogP contribution >= 0.6 is 8.58 Å². The maximum absolute atomic E-state index is 12.3. The molecule has 0 N–H and O–H groups in total. The van der Waals surface area contributed by atoms with E-state index in [1.54, 1.807) is 6.92 Å². The summed E-state index contributed by atoms with van der Waals surface area (Å²) in [5, 5.41) is 1.39. The molecular formula is C23H33O5PS. The zero-order chi connectivity index (χ0) is 22.5. The van der Waals surface area contributed by atoms with Crippen molar-refractivity contribution in [1.29, 1.82) is 0 Å². The first-order valence-corrected chi connectivity index (χ1v) is 13.5. The molecule has 0 radical (unpaired) electrons. The molecule has 0 bridgehead atoms. The third-order valence-corrected chi connectivity index (χ3v) is 7.21. The fourth-order valence-electron chi connectivity index (χ4n) is 3.63. The van der Waals surface area contributed by atoms with Gasteiger partial charge in [-0.15, -0.1) is 0 Å². The minimum atomic E-state index is -3.85. The van der Waals surface area contributed by atoms with Gasteiger partial charge >= 0.3 is 5.97 Å². The van der Waals surface area contributed by atoms with Crippen molar-refractivity contribution >= 4 is 35.5 Å². The Balaban J connectivity index is 0.00000155. The maximum Gasteiger partial charge on any atom is 0.340 e. The average molecular weight is 453 g/mol. The summed E-state index contributed by atoms with van der Waals surface area (Å²) < 4.78 is 33.5. The Morgan fingerprint density at radius 3 is 2.50 bits per heavy atom. The van der Waals surface area contributed by atoms with Gasteiger partial charge in [-0.1, -0.05) is 47.2 Å². The lowest BCUT2D eigenvalue weighted by atomic mass is 9.88. The normalized spacial score (nSPS) is 18.4. The Hall–Kier alpha value is -1.49. The largest absolute Gasteiger partial charge is 0.467 e. The van der Waals surface area contributed by atoms with E-state index in [-0.39, 0.29) is 0 Å². The van der Waals surface area contributed by atoms with Gasteiger partial charge in [-0.05, 0) is 77.8 Å². The van der Waals surface area contributed by atoms with Crippen molar-refractivity contribution in [2.24, 2.45) is 5.92 Å². The molecule has 0 amide bonds. The predicted octanol–water partition coefficient (Wildman–Crippen LogP) is 4.22. The number of hydrogen-bond acceptors (Lipinski definition) is 5. The molecule has 2 atom stereocenters. The van der Waals surface area contributed by atoms with Gasteiger partial charge in [-0.3, -0.25) is 4.18 Å². The summed E-state index contributed by atoms with van der Waals surface area (Å²) in [5.41, 5.74) is 4.56. The molecule has 2 aliphatic rings. The molecule has 1 fully saturated rings. The predicted molar refractivity (Wildman–Crippen MR) is 125 cm³/mol. The standard InChI is InChI=1S/C21H27O5PS.C2H6/c1-13(15-7-8-15)19(14(2)20(21(22)25-3)26-28(4,23)24)17-9-10-18-16(12-17)6-5-11-27-18;1-2/h9-10,12,15,20,27H,1,5-8,11H2,2-4H3;1-2H3/b19-14-;. The number of carbonyl (C=O) groups excluding carboxylic acids is 1. The highest BCUT2D eigenvalue weighted by Gasteiger charge is 2.33. The molecule has 7 heteroatoms. The van der Waals surface area contributed by atoms with E-state index >= 15 is 0 Å². The summed E-state index contributed by atoms with van der Waals surface area (Å²) in [4.78, 5) is 12.3. The summed E-state index contributed by atoms with van der Waals surface area (Å²) in [7, 11) is -1.80. The zero-order valence-corrected chi connectivity index (χ0v) is 20.4. The van der Waals surface area contributed by atoms with Crippen molar-refractivity contribution in [3.05, 3.63) is 47.1 Å². The lowest BCUT2D eigenvalue weighted by Gasteiger charge is -2.23. The highest BCUT2D eigenvalue weighted by Crippen LogP contribution is 2.44. The first-order valence-electron chi connectivity index (χ1n) is 10.4. The first kappa shape index (κ1) is 24.8. The number of esters is 1. The van der Waals surface area contributed by atoms with Gasteiger partial charge in [0, 0.05) is 0 Å². The molecule has 1 aromatic carbocycles. The molecule has 1 heterocycles. The van der Waals surface area contributed by atoms with Gasteiger partial charge in [0.25, 0.3) is 10.1 Å². The Kier molecular flexibility index (Phi) is 8.84. The molecule has 30 heavy (non-hydrogen) atoms. The lowest BCUT2D eigenvalue weighted by molar-refractivity contribution is -0.146. The number of methoxy groups -OCH3 is 1.